The lowest BCUT2D eigenvalue weighted by Crippen LogP contribution is -2.29. The Morgan fingerprint density at radius 2 is 2.13 bits per heavy atom. The maximum atomic E-state index is 12.0. The van der Waals surface area contributed by atoms with Crippen molar-refractivity contribution in [2.45, 2.75) is 25.8 Å². The number of para-hydroxylation sites is 1. The number of amides is 1. The van der Waals surface area contributed by atoms with E-state index in [9.17, 15) is 9.59 Å². The summed E-state index contributed by atoms with van der Waals surface area (Å²) in [5, 5.41) is 0.617. The molecular weight excluding hydrogens is 292 g/mol. The van der Waals surface area contributed by atoms with Gasteiger partial charge in [-0.1, -0.05) is 12.1 Å². The van der Waals surface area contributed by atoms with Crippen LogP contribution in [0.2, 0.25) is 0 Å². The van der Waals surface area contributed by atoms with Crippen molar-refractivity contribution in [1.29, 1.82) is 0 Å². The third-order valence-electron chi connectivity index (χ3n) is 4.22. The molecule has 0 aliphatic carbocycles. The van der Waals surface area contributed by atoms with Gasteiger partial charge in [-0.2, -0.15) is 0 Å². The van der Waals surface area contributed by atoms with Crippen molar-refractivity contribution in [1.82, 2.24) is 19.8 Å². The molecule has 1 aliphatic heterocycles. The number of nitrogens with one attached hydrogen (secondary N) is 1. The highest BCUT2D eigenvalue weighted by atomic mass is 16.2. The topological polar surface area (TPSA) is 69.3 Å². The number of hydrogen-bond donors (Lipinski definition) is 1. The number of likely N-dealkylation sites (tertiary alicyclic amines) is 1. The Labute approximate surface area is 135 Å². The van der Waals surface area contributed by atoms with Crippen LogP contribution in [0.1, 0.15) is 25.1 Å². The number of hydrogen-bond acceptors (Lipinski definition) is 4. The van der Waals surface area contributed by atoms with Crippen LogP contribution in [0.25, 0.3) is 10.9 Å². The molecule has 0 unspecified atom stereocenters. The van der Waals surface area contributed by atoms with Crippen molar-refractivity contribution < 1.29 is 4.79 Å². The van der Waals surface area contributed by atoms with E-state index in [-0.39, 0.29) is 11.5 Å². The van der Waals surface area contributed by atoms with Gasteiger partial charge in [-0.05, 0) is 38.6 Å². The summed E-state index contributed by atoms with van der Waals surface area (Å²) in [7, 11) is 2.00. The molecule has 6 nitrogen and oxygen atoms in total. The average Bonchev–Trinajstić information content (AvgIpc) is 2.93. The maximum Gasteiger partial charge on any atom is 0.258 e. The lowest BCUT2D eigenvalue weighted by atomic mass is 10.2. The van der Waals surface area contributed by atoms with E-state index in [4.69, 9.17) is 0 Å². The highest BCUT2D eigenvalue weighted by Crippen LogP contribution is 2.10. The Balaban J connectivity index is 1.56. The second-order valence-electron chi connectivity index (χ2n) is 6.11. The van der Waals surface area contributed by atoms with Crippen LogP contribution >= 0.6 is 0 Å². The minimum absolute atomic E-state index is 0.0957. The fourth-order valence-electron chi connectivity index (χ4n) is 3.02. The lowest BCUT2D eigenvalue weighted by Gasteiger charge is -2.19. The number of carbonyl (C=O) groups is 1. The molecule has 0 radical (unpaired) electrons. The summed E-state index contributed by atoms with van der Waals surface area (Å²) in [5.74, 6) is 0.946. The van der Waals surface area contributed by atoms with Gasteiger partial charge in [0.1, 0.15) is 5.82 Å². The van der Waals surface area contributed by atoms with E-state index in [1.807, 2.05) is 30.1 Å². The van der Waals surface area contributed by atoms with Crippen molar-refractivity contribution in [3.05, 3.63) is 40.4 Å². The second kappa shape index (κ2) is 6.91. The van der Waals surface area contributed by atoms with Gasteiger partial charge in [0.15, 0.2) is 0 Å². The van der Waals surface area contributed by atoms with E-state index in [0.717, 1.165) is 38.0 Å². The molecule has 1 aliphatic rings. The van der Waals surface area contributed by atoms with Gasteiger partial charge < -0.3 is 9.88 Å². The monoisotopic (exact) mass is 314 g/mol. The van der Waals surface area contributed by atoms with E-state index in [1.165, 1.54) is 0 Å². The van der Waals surface area contributed by atoms with Gasteiger partial charge in [-0.3, -0.25) is 14.5 Å². The molecule has 1 fully saturated rings. The first-order chi connectivity index (χ1) is 11.1. The lowest BCUT2D eigenvalue weighted by molar-refractivity contribution is -0.127. The normalized spacial score (nSPS) is 15.0. The molecular formula is C17H22N4O2. The summed E-state index contributed by atoms with van der Waals surface area (Å²) >= 11 is 0. The molecule has 2 heterocycles. The Bertz CT molecular complexity index is 756. The molecule has 122 valence electrons. The third kappa shape index (κ3) is 3.76. The molecule has 1 saturated heterocycles. The molecule has 1 aromatic heterocycles. The van der Waals surface area contributed by atoms with Crippen molar-refractivity contribution in [2.24, 2.45) is 0 Å². The minimum atomic E-state index is -0.0957. The predicted molar refractivity (Wildman–Crippen MR) is 89.1 cm³/mol. The van der Waals surface area contributed by atoms with Gasteiger partial charge in [0.2, 0.25) is 5.91 Å². The maximum absolute atomic E-state index is 12.0. The van der Waals surface area contributed by atoms with E-state index >= 15 is 0 Å². The zero-order valence-electron chi connectivity index (χ0n) is 13.4. The van der Waals surface area contributed by atoms with Gasteiger partial charge in [0, 0.05) is 19.5 Å². The highest BCUT2D eigenvalue weighted by Gasteiger charge is 2.19. The molecule has 2 aromatic rings. The number of carbonyl (C=O) groups excluding carboxylic acids is 1. The van der Waals surface area contributed by atoms with Crippen molar-refractivity contribution in [3.63, 3.8) is 0 Å². The van der Waals surface area contributed by atoms with Gasteiger partial charge in [0.25, 0.3) is 5.56 Å². The number of benzene rings is 1. The Kier molecular flexibility index (Phi) is 4.71. The zero-order chi connectivity index (χ0) is 16.2. The molecule has 1 amide bonds. The first-order valence-corrected chi connectivity index (χ1v) is 8.08. The van der Waals surface area contributed by atoms with Crippen molar-refractivity contribution in [3.8, 4) is 0 Å². The second-order valence-corrected chi connectivity index (χ2v) is 6.11. The number of aromatic amines is 1. The molecule has 0 atom stereocenters. The summed E-state index contributed by atoms with van der Waals surface area (Å²) < 4.78 is 0. The quantitative estimate of drug-likeness (QED) is 0.874. The van der Waals surface area contributed by atoms with Gasteiger partial charge in [-0.25, -0.2) is 4.98 Å². The molecule has 3 rings (SSSR count). The van der Waals surface area contributed by atoms with E-state index in [2.05, 4.69) is 14.9 Å². The molecule has 23 heavy (non-hydrogen) atoms. The number of H-pyrrole nitrogens is 1. The van der Waals surface area contributed by atoms with Crippen LogP contribution in [0.3, 0.4) is 0 Å². The minimum Gasteiger partial charge on any atom is -0.343 e. The largest absolute Gasteiger partial charge is 0.343 e. The van der Waals surface area contributed by atoms with Crippen LogP contribution in [0.15, 0.2) is 29.1 Å². The van der Waals surface area contributed by atoms with Crippen LogP contribution in [-0.2, 0) is 11.3 Å². The predicted octanol–water partition coefficient (Wildman–Crippen LogP) is 1.37. The molecule has 1 N–H and O–H groups in total. The van der Waals surface area contributed by atoms with Gasteiger partial charge in [0.05, 0.1) is 17.4 Å². The number of nitrogens with zero attached hydrogens (tertiary/aromatic N) is 3. The Hall–Kier alpha value is -2.21. The highest BCUT2D eigenvalue weighted by molar-refractivity contribution is 5.78. The molecule has 0 bridgehead atoms. The van der Waals surface area contributed by atoms with Crippen LogP contribution < -0.4 is 5.56 Å². The molecule has 0 spiro atoms. The summed E-state index contributed by atoms with van der Waals surface area (Å²) in [6.07, 6.45) is 2.61. The first-order valence-electron chi connectivity index (χ1n) is 8.08. The summed E-state index contributed by atoms with van der Waals surface area (Å²) in [4.78, 5) is 35.0. The van der Waals surface area contributed by atoms with E-state index in [1.54, 1.807) is 6.07 Å². The molecule has 1 aromatic carbocycles. The number of rotatable bonds is 6. The van der Waals surface area contributed by atoms with Crippen molar-refractivity contribution >= 4 is 16.8 Å². The smallest absolute Gasteiger partial charge is 0.258 e. The van der Waals surface area contributed by atoms with Crippen LogP contribution in [0, 0.1) is 0 Å². The van der Waals surface area contributed by atoms with E-state index < -0.39 is 0 Å². The van der Waals surface area contributed by atoms with Gasteiger partial charge in [-0.15, -0.1) is 0 Å². The number of aromatic nitrogens is 2. The molecule has 6 heteroatoms. The van der Waals surface area contributed by atoms with E-state index in [0.29, 0.717) is 24.2 Å². The summed E-state index contributed by atoms with van der Waals surface area (Å²) in [6.45, 7) is 3.15. The summed E-state index contributed by atoms with van der Waals surface area (Å²) in [6, 6.07) is 7.36. The number of fused-ring (bicyclic) bond motifs is 1. The average molecular weight is 314 g/mol. The zero-order valence-corrected chi connectivity index (χ0v) is 13.4. The van der Waals surface area contributed by atoms with Gasteiger partial charge >= 0.3 is 0 Å². The Morgan fingerprint density at radius 1 is 1.30 bits per heavy atom. The van der Waals surface area contributed by atoms with Crippen LogP contribution in [0.4, 0.5) is 0 Å². The fourth-order valence-corrected chi connectivity index (χ4v) is 3.02. The van der Waals surface area contributed by atoms with Crippen molar-refractivity contribution in [2.75, 3.05) is 26.7 Å². The third-order valence-corrected chi connectivity index (χ3v) is 4.22. The molecule has 0 saturated carbocycles. The first kappa shape index (κ1) is 15.7. The Morgan fingerprint density at radius 3 is 2.91 bits per heavy atom. The fraction of sp³-hybridized carbons (Fsp3) is 0.471. The SMILES string of the molecule is CN(CCCN1CCCC1=O)Cc1nc2ccccc2c(=O)[nH]1. The van der Waals surface area contributed by atoms with Crippen LogP contribution in [0.5, 0.6) is 0 Å². The standard InChI is InChI=1S/C17H22N4O2/c1-20(9-5-11-21-10-4-8-16(21)22)12-15-18-14-7-3-2-6-13(14)17(23)19-15/h2-3,6-7H,4-5,8-12H2,1H3,(H,18,19,23). The summed E-state index contributed by atoms with van der Waals surface area (Å²) in [5.41, 5.74) is 0.629. The van der Waals surface area contributed by atoms with Crippen LogP contribution in [-0.4, -0.2) is 52.4 Å².